The maximum absolute atomic E-state index is 4.79. The van der Waals surface area contributed by atoms with Gasteiger partial charge in [-0.1, -0.05) is 45.4 Å². The standard InChI is InChI=1S/C19H25N3/c1-13(2)17-10-15(5)11-18(14(3)4)19(17)22-7-6-16-12-20-8-9-21-16/h7-14H,6H2,1-5H3. The first-order valence-corrected chi connectivity index (χ1v) is 7.91. The summed E-state index contributed by atoms with van der Waals surface area (Å²) in [5.41, 5.74) is 6.01. The van der Waals surface area contributed by atoms with Crippen molar-refractivity contribution in [1.82, 2.24) is 9.97 Å². The molecule has 0 N–H and O–H groups in total. The van der Waals surface area contributed by atoms with E-state index in [4.69, 9.17) is 4.99 Å². The predicted octanol–water partition coefficient (Wildman–Crippen LogP) is 4.98. The molecule has 0 radical (unpaired) electrons. The molecule has 0 fully saturated rings. The van der Waals surface area contributed by atoms with Crippen LogP contribution in [0, 0.1) is 6.92 Å². The van der Waals surface area contributed by atoms with E-state index in [1.165, 1.54) is 16.7 Å². The largest absolute Gasteiger partial charge is 0.261 e. The lowest BCUT2D eigenvalue weighted by Crippen LogP contribution is -1.98. The van der Waals surface area contributed by atoms with E-state index >= 15 is 0 Å². The van der Waals surface area contributed by atoms with Crippen LogP contribution in [0.4, 0.5) is 5.69 Å². The Balaban J connectivity index is 2.35. The van der Waals surface area contributed by atoms with Crippen LogP contribution in [-0.4, -0.2) is 16.2 Å². The highest BCUT2D eigenvalue weighted by Gasteiger charge is 2.14. The minimum absolute atomic E-state index is 0.459. The van der Waals surface area contributed by atoms with Gasteiger partial charge >= 0.3 is 0 Å². The summed E-state index contributed by atoms with van der Waals surface area (Å²) in [6.07, 6.45) is 7.85. The van der Waals surface area contributed by atoms with Gasteiger partial charge in [-0.3, -0.25) is 15.0 Å². The Morgan fingerprint density at radius 2 is 1.68 bits per heavy atom. The lowest BCUT2D eigenvalue weighted by atomic mass is 9.91. The molecular weight excluding hydrogens is 270 g/mol. The molecule has 0 spiro atoms. The monoisotopic (exact) mass is 295 g/mol. The predicted molar refractivity (Wildman–Crippen MR) is 93.2 cm³/mol. The Bertz CT molecular complexity index is 614. The summed E-state index contributed by atoms with van der Waals surface area (Å²) in [7, 11) is 0. The van der Waals surface area contributed by atoms with Gasteiger partial charge in [-0.25, -0.2) is 0 Å². The smallest absolute Gasteiger partial charge is 0.0695 e. The molecule has 116 valence electrons. The maximum Gasteiger partial charge on any atom is 0.0695 e. The first-order chi connectivity index (χ1) is 10.5. The average molecular weight is 295 g/mol. The molecule has 0 aliphatic carbocycles. The van der Waals surface area contributed by atoms with E-state index in [1.807, 2.05) is 6.21 Å². The van der Waals surface area contributed by atoms with Gasteiger partial charge in [-0.05, 0) is 29.9 Å². The van der Waals surface area contributed by atoms with Gasteiger partial charge in [0.05, 0.1) is 11.4 Å². The number of benzene rings is 1. The zero-order valence-corrected chi connectivity index (χ0v) is 14.2. The maximum atomic E-state index is 4.79. The molecule has 2 aromatic rings. The molecule has 1 aromatic heterocycles. The van der Waals surface area contributed by atoms with Crippen molar-refractivity contribution in [3.05, 3.63) is 53.1 Å². The van der Waals surface area contributed by atoms with E-state index in [-0.39, 0.29) is 0 Å². The minimum Gasteiger partial charge on any atom is -0.261 e. The molecule has 22 heavy (non-hydrogen) atoms. The quantitative estimate of drug-likeness (QED) is 0.730. The molecular formula is C19H25N3. The SMILES string of the molecule is Cc1cc(C(C)C)c(N=CCc2cnccn2)c(C(C)C)c1. The zero-order valence-electron chi connectivity index (χ0n) is 14.2. The fourth-order valence-electron chi connectivity index (χ4n) is 2.53. The van der Waals surface area contributed by atoms with Crippen LogP contribution in [0.1, 0.15) is 61.9 Å². The second kappa shape index (κ2) is 7.30. The second-order valence-corrected chi connectivity index (χ2v) is 6.31. The molecule has 0 saturated heterocycles. The highest BCUT2D eigenvalue weighted by molar-refractivity contribution is 5.69. The highest BCUT2D eigenvalue weighted by Crippen LogP contribution is 2.35. The Kier molecular flexibility index (Phi) is 5.42. The molecule has 1 aromatic carbocycles. The van der Waals surface area contributed by atoms with Gasteiger partial charge in [0.25, 0.3) is 0 Å². The number of hydrogen-bond donors (Lipinski definition) is 0. The van der Waals surface area contributed by atoms with Crippen molar-refractivity contribution in [2.45, 2.75) is 52.9 Å². The number of aromatic nitrogens is 2. The summed E-state index contributed by atoms with van der Waals surface area (Å²) in [4.78, 5) is 13.2. The summed E-state index contributed by atoms with van der Waals surface area (Å²) >= 11 is 0. The third kappa shape index (κ3) is 4.00. The van der Waals surface area contributed by atoms with Gasteiger partial charge < -0.3 is 0 Å². The first-order valence-electron chi connectivity index (χ1n) is 7.91. The molecule has 0 atom stereocenters. The van der Waals surface area contributed by atoms with Gasteiger partial charge in [0.1, 0.15) is 0 Å². The summed E-state index contributed by atoms with van der Waals surface area (Å²) in [5.74, 6) is 0.919. The Morgan fingerprint density at radius 3 is 2.18 bits per heavy atom. The molecule has 0 aliphatic rings. The van der Waals surface area contributed by atoms with Gasteiger partial charge in [0.15, 0.2) is 0 Å². The van der Waals surface area contributed by atoms with Crippen LogP contribution in [0.25, 0.3) is 0 Å². The zero-order chi connectivity index (χ0) is 16.1. The summed E-state index contributed by atoms with van der Waals surface area (Å²) in [6.45, 7) is 11.0. The van der Waals surface area contributed by atoms with Crippen LogP contribution in [0.2, 0.25) is 0 Å². The second-order valence-electron chi connectivity index (χ2n) is 6.31. The molecule has 1 heterocycles. The molecule has 3 heteroatoms. The van der Waals surface area contributed by atoms with E-state index in [2.05, 4.69) is 56.7 Å². The third-order valence-corrected chi connectivity index (χ3v) is 3.69. The summed E-state index contributed by atoms with van der Waals surface area (Å²) in [6, 6.07) is 4.51. The number of hydrogen-bond acceptors (Lipinski definition) is 3. The molecule has 3 nitrogen and oxygen atoms in total. The molecule has 0 unspecified atom stereocenters. The Morgan fingerprint density at radius 1 is 1.05 bits per heavy atom. The highest BCUT2D eigenvalue weighted by atomic mass is 14.8. The third-order valence-electron chi connectivity index (χ3n) is 3.69. The van der Waals surface area contributed by atoms with Crippen molar-refractivity contribution in [3.63, 3.8) is 0 Å². The lowest BCUT2D eigenvalue weighted by Gasteiger charge is -2.17. The van der Waals surface area contributed by atoms with Gasteiger partial charge in [0, 0.05) is 31.2 Å². The van der Waals surface area contributed by atoms with E-state index in [1.54, 1.807) is 18.6 Å². The number of rotatable bonds is 5. The lowest BCUT2D eigenvalue weighted by molar-refractivity contribution is 0.832. The van der Waals surface area contributed by atoms with Gasteiger partial charge in [-0.2, -0.15) is 0 Å². The van der Waals surface area contributed by atoms with E-state index in [0.717, 1.165) is 11.4 Å². The van der Waals surface area contributed by atoms with Crippen molar-refractivity contribution in [1.29, 1.82) is 0 Å². The van der Waals surface area contributed by atoms with Crippen LogP contribution < -0.4 is 0 Å². The summed E-state index contributed by atoms with van der Waals surface area (Å²) < 4.78 is 0. The van der Waals surface area contributed by atoms with Crippen molar-refractivity contribution in [2.24, 2.45) is 4.99 Å². The number of aryl methyl sites for hydroxylation is 1. The van der Waals surface area contributed by atoms with Crippen LogP contribution in [-0.2, 0) is 6.42 Å². The van der Waals surface area contributed by atoms with Crippen molar-refractivity contribution in [3.8, 4) is 0 Å². The molecule has 0 amide bonds. The Labute approximate surface area is 133 Å². The molecule has 2 rings (SSSR count). The van der Waals surface area contributed by atoms with Crippen LogP contribution in [0.5, 0.6) is 0 Å². The first kappa shape index (κ1) is 16.3. The van der Waals surface area contributed by atoms with Gasteiger partial charge in [0.2, 0.25) is 0 Å². The van der Waals surface area contributed by atoms with Crippen molar-refractivity contribution in [2.75, 3.05) is 0 Å². The summed E-state index contributed by atoms with van der Waals surface area (Å²) in [5, 5.41) is 0. The van der Waals surface area contributed by atoms with E-state index in [0.29, 0.717) is 18.3 Å². The van der Waals surface area contributed by atoms with E-state index < -0.39 is 0 Å². The molecule has 0 bridgehead atoms. The van der Waals surface area contributed by atoms with Gasteiger partial charge in [-0.15, -0.1) is 0 Å². The van der Waals surface area contributed by atoms with Crippen LogP contribution in [0.15, 0.2) is 35.7 Å². The number of nitrogens with zero attached hydrogens (tertiary/aromatic N) is 3. The fourth-order valence-corrected chi connectivity index (χ4v) is 2.53. The van der Waals surface area contributed by atoms with E-state index in [9.17, 15) is 0 Å². The Hall–Kier alpha value is -2.03. The number of aliphatic imine (C=N–C) groups is 1. The van der Waals surface area contributed by atoms with Crippen molar-refractivity contribution >= 4 is 11.9 Å². The van der Waals surface area contributed by atoms with Crippen LogP contribution in [0.3, 0.4) is 0 Å². The minimum atomic E-state index is 0.459. The normalized spacial score (nSPS) is 11.8. The van der Waals surface area contributed by atoms with Crippen LogP contribution >= 0.6 is 0 Å². The molecule has 0 aliphatic heterocycles. The molecule has 0 saturated carbocycles. The topological polar surface area (TPSA) is 38.1 Å². The van der Waals surface area contributed by atoms with Crippen molar-refractivity contribution < 1.29 is 0 Å². The fraction of sp³-hybridized carbons (Fsp3) is 0.421. The average Bonchev–Trinajstić information content (AvgIpc) is 2.48.